The number of fused-ring (bicyclic) bond motifs is 1. The fraction of sp³-hybridized carbons (Fsp3) is 0.455. The molecule has 1 atom stereocenters. The third-order valence-corrected chi connectivity index (χ3v) is 5.34. The van der Waals surface area contributed by atoms with E-state index in [2.05, 4.69) is 37.1 Å². The Labute approximate surface area is 174 Å². The molecule has 1 unspecified atom stereocenters. The maximum atomic E-state index is 12.7. The summed E-state index contributed by atoms with van der Waals surface area (Å²) in [5.74, 6) is -0.0262. The Balaban J connectivity index is 1.54. The fourth-order valence-corrected chi connectivity index (χ4v) is 3.86. The molecule has 30 heavy (non-hydrogen) atoms. The summed E-state index contributed by atoms with van der Waals surface area (Å²) in [6, 6.07) is 4.02. The molecule has 1 aliphatic carbocycles. The Bertz CT molecular complexity index is 1160. The van der Waals surface area contributed by atoms with E-state index in [-0.39, 0.29) is 28.8 Å². The topological polar surface area (TPSA) is 95.0 Å². The average molecular weight is 409 g/mol. The lowest BCUT2D eigenvalue weighted by atomic mass is 9.93. The zero-order valence-corrected chi connectivity index (χ0v) is 17.8. The highest BCUT2D eigenvalue weighted by Gasteiger charge is 2.22. The molecule has 0 spiro atoms. The van der Waals surface area contributed by atoms with Crippen molar-refractivity contribution in [2.45, 2.75) is 52.6 Å². The summed E-state index contributed by atoms with van der Waals surface area (Å²) in [6.45, 7) is 6.99. The van der Waals surface area contributed by atoms with E-state index in [0.29, 0.717) is 12.2 Å². The number of oxazole rings is 1. The van der Waals surface area contributed by atoms with Crippen LogP contribution in [-0.4, -0.2) is 31.1 Å². The van der Waals surface area contributed by atoms with Gasteiger partial charge in [-0.1, -0.05) is 26.8 Å². The van der Waals surface area contributed by atoms with Crippen molar-refractivity contribution in [3.63, 3.8) is 0 Å². The van der Waals surface area contributed by atoms with E-state index >= 15 is 0 Å². The van der Waals surface area contributed by atoms with Gasteiger partial charge in [-0.25, -0.2) is 14.8 Å². The number of hydrogen-bond donors (Lipinski definition) is 1. The lowest BCUT2D eigenvalue weighted by Crippen LogP contribution is -2.35. The molecule has 8 nitrogen and oxygen atoms in total. The molecular weight excluding hydrogens is 382 g/mol. The smallest absolute Gasteiger partial charge is 0.330 e. The van der Waals surface area contributed by atoms with Gasteiger partial charge < -0.3 is 9.73 Å². The van der Waals surface area contributed by atoms with Gasteiger partial charge in [-0.05, 0) is 42.4 Å². The minimum Gasteiger partial charge on any atom is -0.438 e. The van der Waals surface area contributed by atoms with Crippen LogP contribution in [0.15, 0.2) is 40.0 Å². The van der Waals surface area contributed by atoms with Crippen LogP contribution in [0.4, 0.5) is 0 Å². The van der Waals surface area contributed by atoms with Crippen LogP contribution in [0.2, 0.25) is 0 Å². The molecule has 0 radical (unpaired) electrons. The molecular formula is C22H27N5O3. The van der Waals surface area contributed by atoms with E-state index in [4.69, 9.17) is 9.40 Å². The number of amides is 1. The van der Waals surface area contributed by atoms with Crippen LogP contribution in [0.5, 0.6) is 0 Å². The highest BCUT2D eigenvalue weighted by atomic mass is 16.3. The Morgan fingerprint density at radius 3 is 2.77 bits per heavy atom. The monoisotopic (exact) mass is 409 g/mol. The second-order valence-electron chi connectivity index (χ2n) is 9.07. The van der Waals surface area contributed by atoms with Crippen molar-refractivity contribution < 1.29 is 9.21 Å². The maximum Gasteiger partial charge on any atom is 0.330 e. The van der Waals surface area contributed by atoms with Crippen LogP contribution in [0.3, 0.4) is 0 Å². The molecule has 8 heteroatoms. The number of aromatic nitrogens is 4. The predicted molar refractivity (Wildman–Crippen MR) is 114 cm³/mol. The van der Waals surface area contributed by atoms with Crippen molar-refractivity contribution in [2.24, 2.45) is 12.5 Å². The zero-order valence-electron chi connectivity index (χ0n) is 17.8. The number of aryl methyl sites for hydroxylation is 1. The van der Waals surface area contributed by atoms with E-state index in [1.165, 1.54) is 12.6 Å². The number of pyridine rings is 1. The first-order valence-corrected chi connectivity index (χ1v) is 10.2. The van der Waals surface area contributed by atoms with Gasteiger partial charge in [0.15, 0.2) is 12.0 Å². The van der Waals surface area contributed by atoms with Crippen molar-refractivity contribution >= 4 is 22.6 Å². The zero-order chi connectivity index (χ0) is 21.5. The maximum absolute atomic E-state index is 12.7. The third-order valence-electron chi connectivity index (χ3n) is 5.34. The third kappa shape index (κ3) is 3.94. The number of nitrogens with one attached hydrogen (secondary N) is 1. The number of carbonyl (C=O) groups is 1. The highest BCUT2D eigenvalue weighted by molar-refractivity contribution is 5.91. The number of carbonyl (C=O) groups excluding carboxylic acids is 1. The molecule has 3 aromatic heterocycles. The van der Waals surface area contributed by atoms with Crippen LogP contribution in [0.25, 0.3) is 16.7 Å². The summed E-state index contributed by atoms with van der Waals surface area (Å²) in [5, 5.41) is 2.98. The van der Waals surface area contributed by atoms with Crippen LogP contribution >= 0.6 is 0 Å². The minimum atomic E-state index is -0.246. The summed E-state index contributed by atoms with van der Waals surface area (Å²) >= 11 is 0. The molecule has 3 aromatic rings. The molecule has 0 bridgehead atoms. The van der Waals surface area contributed by atoms with Gasteiger partial charge >= 0.3 is 5.69 Å². The van der Waals surface area contributed by atoms with Crippen LogP contribution < -0.4 is 11.0 Å². The summed E-state index contributed by atoms with van der Waals surface area (Å²) in [4.78, 5) is 33.4. The lowest BCUT2D eigenvalue weighted by molar-refractivity contribution is 0.0907. The first-order valence-electron chi connectivity index (χ1n) is 10.2. The SMILES string of the molecule is Cn1c(=O)n(CC(C)(C)C)c2ccc(C3=CCC(NC(=O)c4cnco4)CC3)nc21. The second kappa shape index (κ2) is 7.59. The molecule has 0 aliphatic heterocycles. The van der Waals surface area contributed by atoms with Gasteiger partial charge in [0, 0.05) is 19.6 Å². The lowest BCUT2D eigenvalue weighted by Gasteiger charge is -2.22. The van der Waals surface area contributed by atoms with Gasteiger partial charge in [-0.2, -0.15) is 0 Å². The van der Waals surface area contributed by atoms with Crippen LogP contribution in [-0.2, 0) is 13.6 Å². The largest absolute Gasteiger partial charge is 0.438 e. The van der Waals surface area contributed by atoms with Crippen molar-refractivity contribution in [3.05, 3.63) is 52.7 Å². The molecule has 4 rings (SSSR count). The molecule has 1 amide bonds. The molecule has 0 saturated carbocycles. The first-order chi connectivity index (χ1) is 14.2. The molecule has 0 saturated heterocycles. The number of allylic oxidation sites excluding steroid dienone is 1. The van der Waals surface area contributed by atoms with Gasteiger partial charge in [0.25, 0.3) is 5.91 Å². The van der Waals surface area contributed by atoms with Crippen LogP contribution in [0.1, 0.15) is 56.3 Å². The molecule has 1 N–H and O–H groups in total. The van der Waals surface area contributed by atoms with E-state index in [9.17, 15) is 9.59 Å². The summed E-state index contributed by atoms with van der Waals surface area (Å²) in [5.41, 5.74) is 3.52. The summed E-state index contributed by atoms with van der Waals surface area (Å²) < 4.78 is 8.46. The average Bonchev–Trinajstić information content (AvgIpc) is 3.32. The van der Waals surface area contributed by atoms with Gasteiger partial charge in [-0.3, -0.25) is 13.9 Å². The van der Waals surface area contributed by atoms with Crippen LogP contribution in [0, 0.1) is 5.41 Å². The molecule has 0 fully saturated rings. The Morgan fingerprint density at radius 1 is 1.33 bits per heavy atom. The van der Waals surface area contributed by atoms with Crippen molar-refractivity contribution in [1.82, 2.24) is 24.4 Å². The standard InChI is InChI=1S/C22H27N5O3/c1-22(2,3)12-27-17-10-9-16(25-19(17)26(4)21(27)29)14-5-7-15(8-6-14)24-20(28)18-11-23-13-30-18/h5,9-11,13,15H,6-8,12H2,1-4H3,(H,24,28). The van der Waals surface area contributed by atoms with Crippen molar-refractivity contribution in [1.29, 1.82) is 0 Å². The Kier molecular flexibility index (Phi) is 5.09. The Hall–Kier alpha value is -3.16. The van der Waals surface area contributed by atoms with Crippen molar-refractivity contribution in [3.8, 4) is 0 Å². The molecule has 3 heterocycles. The highest BCUT2D eigenvalue weighted by Crippen LogP contribution is 2.28. The molecule has 1 aliphatic rings. The van der Waals surface area contributed by atoms with E-state index in [1.807, 2.05) is 12.1 Å². The number of rotatable bonds is 4. The number of hydrogen-bond acceptors (Lipinski definition) is 5. The van der Waals surface area contributed by atoms with E-state index < -0.39 is 0 Å². The Morgan fingerprint density at radius 2 is 2.13 bits per heavy atom. The number of imidazole rings is 1. The first kappa shape index (κ1) is 20.1. The number of nitrogens with zero attached hydrogens (tertiary/aromatic N) is 4. The predicted octanol–water partition coefficient (Wildman–Crippen LogP) is 3.14. The quantitative estimate of drug-likeness (QED) is 0.714. The summed E-state index contributed by atoms with van der Waals surface area (Å²) in [6.07, 6.45) is 7.12. The van der Waals surface area contributed by atoms with Gasteiger partial charge in [0.2, 0.25) is 5.76 Å². The fourth-order valence-electron chi connectivity index (χ4n) is 3.86. The van der Waals surface area contributed by atoms with Gasteiger partial charge in [-0.15, -0.1) is 0 Å². The van der Waals surface area contributed by atoms with E-state index in [1.54, 1.807) is 16.2 Å². The van der Waals surface area contributed by atoms with Crippen molar-refractivity contribution in [2.75, 3.05) is 0 Å². The normalized spacial score (nSPS) is 17.2. The van der Waals surface area contributed by atoms with Gasteiger partial charge in [0.1, 0.15) is 0 Å². The molecule has 0 aromatic carbocycles. The second-order valence-corrected chi connectivity index (χ2v) is 9.07. The van der Waals surface area contributed by atoms with E-state index in [0.717, 1.165) is 36.0 Å². The summed E-state index contributed by atoms with van der Waals surface area (Å²) in [7, 11) is 1.77. The van der Waals surface area contributed by atoms with Gasteiger partial charge in [0.05, 0.1) is 17.4 Å². The molecule has 158 valence electrons. The minimum absolute atomic E-state index is 0.00612.